The fourth-order valence-electron chi connectivity index (χ4n) is 2.65. The fraction of sp³-hybridized carbons (Fsp3) is 0. The van der Waals surface area contributed by atoms with Crippen LogP contribution in [0.15, 0.2) is 66.7 Å². The highest BCUT2D eigenvalue weighted by Crippen LogP contribution is 2.28. The van der Waals surface area contributed by atoms with Gasteiger partial charge < -0.3 is 20.3 Å². The Balaban J connectivity index is 1.87. The van der Waals surface area contributed by atoms with Crippen LogP contribution in [-0.2, 0) is 0 Å². The SMILES string of the molecule is O=C(O)c1cc(NC(=O)c2ccccc2Oc2ccc([N+](=O)[O-])cc2)cc(C(=O)O)c1. The summed E-state index contributed by atoms with van der Waals surface area (Å²) in [5.74, 6) is -2.97. The number of amides is 1. The molecule has 0 saturated heterocycles. The van der Waals surface area contributed by atoms with Crippen LogP contribution in [0.2, 0.25) is 0 Å². The number of non-ortho nitro benzene ring substituents is 1. The number of ether oxygens (including phenoxy) is 1. The molecular weight excluding hydrogens is 408 g/mol. The monoisotopic (exact) mass is 422 g/mol. The summed E-state index contributed by atoms with van der Waals surface area (Å²) < 4.78 is 5.66. The van der Waals surface area contributed by atoms with E-state index < -0.39 is 22.8 Å². The second-order valence-corrected chi connectivity index (χ2v) is 6.21. The third kappa shape index (κ3) is 5.01. The molecule has 0 aliphatic rings. The Labute approximate surface area is 174 Å². The Bertz CT molecular complexity index is 1160. The third-order valence-corrected chi connectivity index (χ3v) is 4.09. The van der Waals surface area contributed by atoms with Gasteiger partial charge in [-0.05, 0) is 42.5 Å². The van der Waals surface area contributed by atoms with E-state index in [9.17, 15) is 24.5 Å². The number of hydrogen-bond acceptors (Lipinski definition) is 6. The standard InChI is InChI=1S/C21H14N2O8/c24-19(22-14-10-12(20(25)26)9-13(11-14)21(27)28)17-3-1-2-4-18(17)31-16-7-5-15(6-8-16)23(29)30/h1-11H,(H,22,24)(H,25,26)(H,27,28). The van der Waals surface area contributed by atoms with E-state index in [-0.39, 0.29) is 39.6 Å². The summed E-state index contributed by atoms with van der Waals surface area (Å²) in [4.78, 5) is 45.4. The van der Waals surface area contributed by atoms with Crippen molar-refractivity contribution >= 4 is 29.2 Å². The Morgan fingerprint density at radius 2 is 1.45 bits per heavy atom. The van der Waals surface area contributed by atoms with Crippen molar-refractivity contribution in [3.63, 3.8) is 0 Å². The zero-order valence-electron chi connectivity index (χ0n) is 15.6. The van der Waals surface area contributed by atoms with Crippen molar-refractivity contribution < 1.29 is 34.3 Å². The number of aromatic carboxylic acids is 2. The molecule has 0 bridgehead atoms. The first-order valence-electron chi connectivity index (χ1n) is 8.69. The maximum Gasteiger partial charge on any atom is 0.335 e. The molecule has 0 radical (unpaired) electrons. The number of hydrogen-bond donors (Lipinski definition) is 3. The van der Waals surface area contributed by atoms with Gasteiger partial charge in [-0.15, -0.1) is 0 Å². The van der Waals surface area contributed by atoms with E-state index in [0.717, 1.165) is 18.2 Å². The number of para-hydroxylation sites is 1. The molecule has 10 nitrogen and oxygen atoms in total. The van der Waals surface area contributed by atoms with Gasteiger partial charge in [0.15, 0.2) is 0 Å². The van der Waals surface area contributed by atoms with E-state index >= 15 is 0 Å². The normalized spacial score (nSPS) is 10.2. The summed E-state index contributed by atoms with van der Waals surface area (Å²) in [6.07, 6.45) is 0. The smallest absolute Gasteiger partial charge is 0.335 e. The molecule has 0 fully saturated rings. The lowest BCUT2D eigenvalue weighted by molar-refractivity contribution is -0.384. The van der Waals surface area contributed by atoms with E-state index in [1.807, 2.05) is 0 Å². The van der Waals surface area contributed by atoms with Gasteiger partial charge in [0, 0.05) is 17.8 Å². The van der Waals surface area contributed by atoms with Gasteiger partial charge in [0.05, 0.1) is 21.6 Å². The van der Waals surface area contributed by atoms with Crippen LogP contribution in [-0.4, -0.2) is 33.0 Å². The predicted octanol–water partition coefficient (Wildman–Crippen LogP) is 4.04. The van der Waals surface area contributed by atoms with Crippen molar-refractivity contribution in [1.29, 1.82) is 0 Å². The fourth-order valence-corrected chi connectivity index (χ4v) is 2.65. The van der Waals surface area contributed by atoms with E-state index in [4.69, 9.17) is 14.9 Å². The molecule has 0 aliphatic carbocycles. The molecule has 0 atom stereocenters. The largest absolute Gasteiger partial charge is 0.478 e. The molecule has 3 rings (SSSR count). The van der Waals surface area contributed by atoms with Gasteiger partial charge in [-0.3, -0.25) is 14.9 Å². The lowest BCUT2D eigenvalue weighted by Crippen LogP contribution is -2.14. The van der Waals surface area contributed by atoms with Gasteiger partial charge in [0.2, 0.25) is 0 Å². The number of carboxylic acids is 2. The highest BCUT2D eigenvalue weighted by Gasteiger charge is 2.17. The maximum atomic E-state index is 12.8. The molecule has 0 aromatic heterocycles. The number of carboxylic acid groups (broad SMARTS) is 2. The van der Waals surface area contributed by atoms with Crippen LogP contribution >= 0.6 is 0 Å². The van der Waals surface area contributed by atoms with E-state index in [1.165, 1.54) is 36.4 Å². The summed E-state index contributed by atoms with van der Waals surface area (Å²) in [7, 11) is 0. The molecule has 1 amide bonds. The van der Waals surface area contributed by atoms with E-state index in [1.54, 1.807) is 12.1 Å². The van der Waals surface area contributed by atoms with Crippen molar-refractivity contribution in [2.75, 3.05) is 5.32 Å². The van der Waals surface area contributed by atoms with E-state index in [0.29, 0.717) is 0 Å². The van der Waals surface area contributed by atoms with Crippen molar-refractivity contribution in [3.05, 3.63) is 93.5 Å². The third-order valence-electron chi connectivity index (χ3n) is 4.09. The summed E-state index contributed by atoms with van der Waals surface area (Å²) in [5, 5.41) is 31.5. The van der Waals surface area contributed by atoms with Gasteiger partial charge in [-0.25, -0.2) is 9.59 Å². The van der Waals surface area contributed by atoms with Crippen LogP contribution < -0.4 is 10.1 Å². The van der Waals surface area contributed by atoms with Gasteiger partial charge in [0.1, 0.15) is 11.5 Å². The lowest BCUT2D eigenvalue weighted by Gasteiger charge is -2.12. The number of carbonyl (C=O) groups excluding carboxylic acids is 1. The van der Waals surface area contributed by atoms with Gasteiger partial charge in [-0.1, -0.05) is 12.1 Å². The topological polar surface area (TPSA) is 156 Å². The highest BCUT2D eigenvalue weighted by molar-refractivity contribution is 6.07. The molecule has 0 unspecified atom stereocenters. The predicted molar refractivity (Wildman–Crippen MR) is 108 cm³/mol. The molecule has 3 N–H and O–H groups in total. The molecule has 3 aromatic rings. The van der Waals surface area contributed by atoms with E-state index in [2.05, 4.69) is 5.32 Å². The van der Waals surface area contributed by atoms with Crippen LogP contribution in [0.25, 0.3) is 0 Å². The molecule has 0 spiro atoms. The average molecular weight is 422 g/mol. The Kier molecular flexibility index (Phi) is 5.92. The molecule has 10 heteroatoms. The first-order valence-corrected chi connectivity index (χ1v) is 8.69. The average Bonchev–Trinajstić information content (AvgIpc) is 2.74. The van der Waals surface area contributed by atoms with Crippen molar-refractivity contribution in [2.24, 2.45) is 0 Å². The van der Waals surface area contributed by atoms with Crippen LogP contribution in [0.5, 0.6) is 11.5 Å². The summed E-state index contributed by atoms with van der Waals surface area (Å²) >= 11 is 0. The number of nitro benzene ring substituents is 1. The van der Waals surface area contributed by atoms with Gasteiger partial charge in [-0.2, -0.15) is 0 Å². The number of benzene rings is 3. The molecule has 3 aromatic carbocycles. The highest BCUT2D eigenvalue weighted by atomic mass is 16.6. The Hall–Kier alpha value is -4.73. The summed E-state index contributed by atoms with van der Waals surface area (Å²) in [6.45, 7) is 0. The number of carbonyl (C=O) groups is 3. The summed E-state index contributed by atoms with van der Waals surface area (Å²) in [6, 6.07) is 14.7. The second kappa shape index (κ2) is 8.74. The van der Waals surface area contributed by atoms with Crippen LogP contribution in [0.4, 0.5) is 11.4 Å². The molecule has 0 aliphatic heterocycles. The van der Waals surface area contributed by atoms with Crippen LogP contribution in [0, 0.1) is 10.1 Å². The molecular formula is C21H14N2O8. The summed E-state index contributed by atoms with van der Waals surface area (Å²) in [5.41, 5.74) is -0.659. The Morgan fingerprint density at radius 3 is 2.00 bits per heavy atom. The molecule has 156 valence electrons. The van der Waals surface area contributed by atoms with Crippen molar-refractivity contribution in [1.82, 2.24) is 0 Å². The second-order valence-electron chi connectivity index (χ2n) is 6.21. The number of nitrogens with one attached hydrogen (secondary N) is 1. The van der Waals surface area contributed by atoms with Crippen LogP contribution in [0.1, 0.15) is 31.1 Å². The first kappa shape index (κ1) is 21.0. The Morgan fingerprint density at radius 1 is 0.871 bits per heavy atom. The zero-order valence-corrected chi connectivity index (χ0v) is 15.6. The van der Waals surface area contributed by atoms with Crippen LogP contribution in [0.3, 0.4) is 0 Å². The van der Waals surface area contributed by atoms with Gasteiger partial charge >= 0.3 is 11.9 Å². The molecule has 31 heavy (non-hydrogen) atoms. The quantitative estimate of drug-likeness (QED) is 0.380. The maximum absolute atomic E-state index is 12.8. The number of anilines is 1. The zero-order chi connectivity index (χ0) is 22.5. The first-order chi connectivity index (χ1) is 14.7. The number of nitro groups is 1. The molecule has 0 saturated carbocycles. The molecule has 0 heterocycles. The van der Waals surface area contributed by atoms with Crippen molar-refractivity contribution in [2.45, 2.75) is 0 Å². The van der Waals surface area contributed by atoms with Gasteiger partial charge in [0.25, 0.3) is 11.6 Å². The minimum absolute atomic E-state index is 0.0209. The minimum Gasteiger partial charge on any atom is -0.478 e. The number of rotatable bonds is 7. The minimum atomic E-state index is -1.35. The lowest BCUT2D eigenvalue weighted by atomic mass is 10.1. The number of nitrogens with zero attached hydrogens (tertiary/aromatic N) is 1. The van der Waals surface area contributed by atoms with Crippen molar-refractivity contribution in [3.8, 4) is 11.5 Å².